The molecule has 0 fully saturated rings. The van der Waals surface area contributed by atoms with Crippen molar-refractivity contribution in [3.8, 4) is 23.0 Å². The Bertz CT molecular complexity index is 1390. The monoisotopic (exact) mass is 600 g/mol. The Balaban J connectivity index is 0.000000280. The van der Waals surface area contributed by atoms with Gasteiger partial charge in [0.25, 0.3) is 0 Å². The molecule has 0 spiro atoms. The minimum atomic E-state index is -0.0899. The smallest absolute Gasteiger partial charge is 0.577 e. The fourth-order valence-electron chi connectivity index (χ4n) is 3.14. The Morgan fingerprint density at radius 3 is 1.24 bits per heavy atom. The van der Waals surface area contributed by atoms with Gasteiger partial charge in [-0.05, 0) is 83.9 Å². The summed E-state index contributed by atoms with van der Waals surface area (Å²) in [5.41, 5.74) is 2.39. The van der Waals surface area contributed by atoms with Gasteiger partial charge in [-0.25, -0.2) is 0 Å². The van der Waals surface area contributed by atoms with Gasteiger partial charge in [0.1, 0.15) is 34.1 Å². The van der Waals surface area contributed by atoms with Crippen LogP contribution in [-0.4, -0.2) is 58.9 Å². The molecule has 0 heterocycles. The van der Waals surface area contributed by atoms with Gasteiger partial charge in [-0.1, -0.05) is 34.5 Å². The average Bonchev–Trinajstić information content (AvgIpc) is 2.98. The molecule has 0 saturated carbocycles. The van der Waals surface area contributed by atoms with E-state index < -0.39 is 0 Å². The van der Waals surface area contributed by atoms with Crippen molar-refractivity contribution >= 4 is 24.2 Å². The topological polar surface area (TPSA) is 154 Å². The van der Waals surface area contributed by atoms with Crippen LogP contribution in [0.25, 0.3) is 0 Å². The van der Waals surface area contributed by atoms with Crippen LogP contribution < -0.4 is 9.47 Å². The molecule has 4 rings (SSSR count). The van der Waals surface area contributed by atoms with Gasteiger partial charge in [0.2, 0.25) is 0 Å². The second kappa shape index (κ2) is 16.7. The molecule has 4 aromatic rings. The van der Waals surface area contributed by atoms with Gasteiger partial charge in [0, 0.05) is 0 Å². The molecule has 0 aliphatic carbocycles. The van der Waals surface area contributed by atoms with Gasteiger partial charge in [-0.15, -0.1) is 0 Å². The molecule has 4 aromatic carbocycles. The van der Waals surface area contributed by atoms with Crippen molar-refractivity contribution in [1.82, 2.24) is 0 Å². The zero-order valence-corrected chi connectivity index (χ0v) is 23.2. The molecule has 0 unspecified atom stereocenters. The number of phenols is 2. The van der Waals surface area contributed by atoms with Crippen molar-refractivity contribution in [2.24, 2.45) is 20.4 Å². The number of hydrogen-bond acceptors (Lipinski definition) is 8. The molecule has 41 heavy (non-hydrogen) atoms. The van der Waals surface area contributed by atoms with Crippen molar-refractivity contribution in [3.63, 3.8) is 0 Å². The van der Waals surface area contributed by atoms with E-state index in [0.29, 0.717) is 11.1 Å². The molecule has 0 amide bonds. The molecule has 10 nitrogen and oxygen atoms in total. The van der Waals surface area contributed by atoms with Gasteiger partial charge in [-0.2, -0.15) is 10.2 Å². The Labute approximate surface area is 247 Å². The van der Waals surface area contributed by atoms with E-state index in [1.807, 2.05) is 48.5 Å². The van der Waals surface area contributed by atoms with Crippen LogP contribution in [0.2, 0.25) is 0 Å². The SMILES string of the molecule is COc1ccc(C=NN=C([OH2+])c2ccccc2O)cc1.COc1ccc(C=NN=C([OH2+])c2ccccc2O)cc1.[Ni+2]. The molecule has 212 valence electrons. The molecular weight excluding hydrogens is 571 g/mol. The first-order valence-electron chi connectivity index (χ1n) is 11.9. The molecule has 11 heteroatoms. The summed E-state index contributed by atoms with van der Waals surface area (Å²) in [5, 5.41) is 49.8. The third-order valence-electron chi connectivity index (χ3n) is 5.28. The van der Waals surface area contributed by atoms with Gasteiger partial charge < -0.3 is 29.9 Å². The predicted molar refractivity (Wildman–Crippen MR) is 158 cm³/mol. The largest absolute Gasteiger partial charge is 2.00 e. The van der Waals surface area contributed by atoms with Crippen LogP contribution in [0.4, 0.5) is 0 Å². The van der Waals surface area contributed by atoms with Crippen LogP contribution in [-0.2, 0) is 16.5 Å². The van der Waals surface area contributed by atoms with E-state index in [1.165, 1.54) is 24.6 Å². The summed E-state index contributed by atoms with van der Waals surface area (Å²) in [4.78, 5) is 0. The summed E-state index contributed by atoms with van der Waals surface area (Å²) < 4.78 is 10.1. The number of aromatic hydroxyl groups is 2. The minimum Gasteiger partial charge on any atom is -0.577 e. The van der Waals surface area contributed by atoms with Crippen LogP contribution in [0.3, 0.4) is 0 Å². The van der Waals surface area contributed by atoms with Crippen LogP contribution in [0.5, 0.6) is 23.0 Å². The summed E-state index contributed by atoms with van der Waals surface area (Å²) in [6, 6.07) is 27.7. The molecule has 6 N–H and O–H groups in total. The summed E-state index contributed by atoms with van der Waals surface area (Å²) in [7, 11) is 3.21. The summed E-state index contributed by atoms with van der Waals surface area (Å²) >= 11 is 0. The predicted octanol–water partition coefficient (Wildman–Crippen LogP) is 3.81. The second-order valence-corrected chi connectivity index (χ2v) is 7.97. The van der Waals surface area contributed by atoms with Crippen LogP contribution >= 0.6 is 0 Å². The van der Waals surface area contributed by atoms with Crippen molar-refractivity contribution < 1.29 is 46.4 Å². The number of phenolic OH excluding ortho intramolecular Hbond substituents is 2. The maximum atomic E-state index is 9.59. The van der Waals surface area contributed by atoms with E-state index in [-0.39, 0.29) is 39.8 Å². The Morgan fingerprint density at radius 1 is 0.585 bits per heavy atom. The summed E-state index contributed by atoms with van der Waals surface area (Å²) in [6.07, 6.45) is 3.07. The van der Waals surface area contributed by atoms with Gasteiger partial charge in [0.15, 0.2) is 0 Å². The third kappa shape index (κ3) is 10.2. The first-order valence-corrected chi connectivity index (χ1v) is 11.9. The van der Waals surface area contributed by atoms with E-state index in [4.69, 9.17) is 19.7 Å². The first-order chi connectivity index (χ1) is 19.4. The van der Waals surface area contributed by atoms with E-state index in [2.05, 4.69) is 20.4 Å². The van der Waals surface area contributed by atoms with Crippen molar-refractivity contribution in [2.45, 2.75) is 0 Å². The number of nitrogens with zero attached hydrogens (tertiary/aromatic N) is 4. The number of benzene rings is 4. The van der Waals surface area contributed by atoms with E-state index in [0.717, 1.165) is 22.6 Å². The fraction of sp³-hybridized carbons (Fsp3) is 0.0667. The molecule has 0 aromatic heterocycles. The quantitative estimate of drug-likeness (QED) is 0.104. The number of methoxy groups -OCH3 is 2. The zero-order chi connectivity index (χ0) is 28.7. The Kier molecular flexibility index (Phi) is 13.1. The second-order valence-electron chi connectivity index (χ2n) is 7.97. The molecule has 0 aliphatic rings. The molecule has 0 atom stereocenters. The first kappa shape index (κ1) is 32.1. The van der Waals surface area contributed by atoms with E-state index in [9.17, 15) is 10.2 Å². The summed E-state index contributed by atoms with van der Waals surface area (Å²) in [5.74, 6) is 1.38. The molecule has 0 aliphatic heterocycles. The van der Waals surface area contributed by atoms with E-state index in [1.54, 1.807) is 50.6 Å². The summed E-state index contributed by atoms with van der Waals surface area (Å²) in [6.45, 7) is 0. The van der Waals surface area contributed by atoms with Crippen LogP contribution in [0.15, 0.2) is 117 Å². The fourth-order valence-corrected chi connectivity index (χ4v) is 3.14. The van der Waals surface area contributed by atoms with Crippen LogP contribution in [0.1, 0.15) is 22.3 Å². The minimum absolute atomic E-state index is 0. The molecule has 0 radical (unpaired) electrons. The van der Waals surface area contributed by atoms with Crippen molar-refractivity contribution in [1.29, 1.82) is 0 Å². The maximum Gasteiger partial charge on any atom is 2.00 e. The Hall–Kier alpha value is -5.15. The number of hydrogen-bond donors (Lipinski definition) is 2. The average molecular weight is 601 g/mol. The molecule has 0 saturated heterocycles. The number of para-hydroxylation sites is 2. The number of ether oxygens (including phenoxy) is 2. The molecule has 0 bridgehead atoms. The zero-order valence-electron chi connectivity index (χ0n) is 22.2. The standard InChI is InChI=1S/2C15H14N2O3.Ni/c2*1-20-12-8-6-11(7-9-12)10-16-17-15(19)13-4-2-3-5-14(13)18;/h2*2-10,18H,1H3,(H,17,19);/q;;+2/p+2. The maximum absolute atomic E-state index is 9.59. The van der Waals surface area contributed by atoms with Gasteiger partial charge >= 0.3 is 28.3 Å². The van der Waals surface area contributed by atoms with Gasteiger partial charge in [-0.3, -0.25) is 0 Å². The van der Waals surface area contributed by atoms with Crippen molar-refractivity contribution in [2.75, 3.05) is 14.2 Å². The van der Waals surface area contributed by atoms with Gasteiger partial charge in [0.05, 0.1) is 26.6 Å². The molecular formula is C30H30N4NiO6+4. The third-order valence-corrected chi connectivity index (χ3v) is 5.28. The van der Waals surface area contributed by atoms with Crippen LogP contribution in [0, 0.1) is 0 Å². The Morgan fingerprint density at radius 2 is 0.927 bits per heavy atom. The normalized spacial score (nSPS) is 11.5. The van der Waals surface area contributed by atoms with E-state index >= 15 is 0 Å². The number of rotatable bonds is 8. The van der Waals surface area contributed by atoms with Crippen molar-refractivity contribution in [3.05, 3.63) is 119 Å².